The Labute approximate surface area is 75.9 Å². The lowest BCUT2D eigenvalue weighted by molar-refractivity contribution is 0.0126. The number of aliphatic hydroxyl groups is 1. The highest BCUT2D eigenvalue weighted by atomic mass is 16.5. The van der Waals surface area contributed by atoms with Crippen molar-refractivity contribution >= 4 is 0 Å². The van der Waals surface area contributed by atoms with Crippen LogP contribution in [0.5, 0.6) is 0 Å². The van der Waals surface area contributed by atoms with Crippen molar-refractivity contribution in [2.24, 2.45) is 5.92 Å². The molecule has 0 saturated carbocycles. The van der Waals surface area contributed by atoms with Gasteiger partial charge < -0.3 is 9.84 Å². The largest absolute Gasteiger partial charge is 0.394 e. The fourth-order valence-corrected chi connectivity index (χ4v) is 1.34. The van der Waals surface area contributed by atoms with E-state index < -0.39 is 0 Å². The van der Waals surface area contributed by atoms with Crippen molar-refractivity contribution < 1.29 is 9.84 Å². The molecule has 0 saturated heterocycles. The summed E-state index contributed by atoms with van der Waals surface area (Å²) in [5.41, 5.74) is 0. The second-order valence-electron chi connectivity index (χ2n) is 3.63. The molecule has 0 heterocycles. The van der Waals surface area contributed by atoms with Gasteiger partial charge in [-0.05, 0) is 18.8 Å². The zero-order valence-corrected chi connectivity index (χ0v) is 8.55. The monoisotopic (exact) mass is 174 g/mol. The van der Waals surface area contributed by atoms with Crippen LogP contribution in [-0.2, 0) is 4.74 Å². The molecule has 0 aliphatic rings. The second-order valence-corrected chi connectivity index (χ2v) is 3.63. The standard InChI is InChI=1S/C10H22O2/c1-4-5-10(8-9(2)3)12-7-6-11/h9-11H,4-8H2,1-3H3. The molecule has 0 aromatic rings. The highest BCUT2D eigenvalue weighted by molar-refractivity contribution is 4.59. The number of aliphatic hydroxyl groups excluding tert-OH is 1. The van der Waals surface area contributed by atoms with Crippen molar-refractivity contribution in [1.82, 2.24) is 0 Å². The zero-order chi connectivity index (χ0) is 9.40. The van der Waals surface area contributed by atoms with E-state index in [0.717, 1.165) is 19.3 Å². The Kier molecular flexibility index (Phi) is 7.51. The lowest BCUT2D eigenvalue weighted by Crippen LogP contribution is -2.17. The van der Waals surface area contributed by atoms with Gasteiger partial charge in [-0.1, -0.05) is 27.2 Å². The third-order valence-corrected chi connectivity index (χ3v) is 1.79. The smallest absolute Gasteiger partial charge is 0.0701 e. The minimum Gasteiger partial charge on any atom is -0.394 e. The molecular formula is C10H22O2. The summed E-state index contributed by atoms with van der Waals surface area (Å²) < 4.78 is 5.49. The van der Waals surface area contributed by atoms with Crippen LogP contribution in [0.4, 0.5) is 0 Å². The first-order chi connectivity index (χ1) is 5.70. The summed E-state index contributed by atoms with van der Waals surface area (Å²) in [6.07, 6.45) is 3.72. The van der Waals surface area contributed by atoms with E-state index in [4.69, 9.17) is 9.84 Å². The van der Waals surface area contributed by atoms with E-state index in [9.17, 15) is 0 Å². The summed E-state index contributed by atoms with van der Waals surface area (Å²) in [5.74, 6) is 0.681. The molecule has 0 spiro atoms. The minimum atomic E-state index is 0.137. The van der Waals surface area contributed by atoms with Crippen LogP contribution in [0.25, 0.3) is 0 Å². The van der Waals surface area contributed by atoms with Gasteiger partial charge in [0, 0.05) is 0 Å². The molecule has 0 aliphatic carbocycles. The third kappa shape index (κ3) is 6.62. The first-order valence-corrected chi connectivity index (χ1v) is 4.93. The summed E-state index contributed by atoms with van der Waals surface area (Å²) in [4.78, 5) is 0. The van der Waals surface area contributed by atoms with Crippen LogP contribution < -0.4 is 0 Å². The maximum Gasteiger partial charge on any atom is 0.0701 e. The molecule has 2 heteroatoms. The van der Waals surface area contributed by atoms with Gasteiger partial charge in [-0.3, -0.25) is 0 Å². The van der Waals surface area contributed by atoms with Crippen LogP contribution in [0, 0.1) is 5.92 Å². The van der Waals surface area contributed by atoms with Crippen LogP contribution in [0.3, 0.4) is 0 Å². The molecule has 74 valence electrons. The van der Waals surface area contributed by atoms with Gasteiger partial charge in [-0.25, -0.2) is 0 Å². The van der Waals surface area contributed by atoms with Gasteiger partial charge in [0.15, 0.2) is 0 Å². The van der Waals surface area contributed by atoms with Crippen molar-refractivity contribution in [2.75, 3.05) is 13.2 Å². The molecule has 0 aliphatic heterocycles. The van der Waals surface area contributed by atoms with Crippen molar-refractivity contribution in [2.45, 2.75) is 46.1 Å². The first-order valence-electron chi connectivity index (χ1n) is 4.93. The summed E-state index contributed by atoms with van der Waals surface area (Å²) in [6, 6.07) is 0. The maximum absolute atomic E-state index is 8.59. The highest BCUT2D eigenvalue weighted by Gasteiger charge is 2.09. The Morgan fingerprint density at radius 3 is 2.42 bits per heavy atom. The molecule has 1 N–H and O–H groups in total. The Morgan fingerprint density at radius 2 is 2.00 bits per heavy atom. The Balaban J connectivity index is 3.54. The molecule has 1 unspecified atom stereocenters. The van der Waals surface area contributed by atoms with Gasteiger partial charge in [0.1, 0.15) is 0 Å². The SMILES string of the molecule is CCCC(CC(C)C)OCCO. The van der Waals surface area contributed by atoms with E-state index in [1.54, 1.807) is 0 Å². The summed E-state index contributed by atoms with van der Waals surface area (Å²) >= 11 is 0. The molecule has 2 nitrogen and oxygen atoms in total. The zero-order valence-electron chi connectivity index (χ0n) is 8.55. The molecule has 0 aromatic carbocycles. The molecule has 0 fully saturated rings. The van der Waals surface area contributed by atoms with E-state index in [-0.39, 0.29) is 6.61 Å². The number of hydrogen-bond acceptors (Lipinski definition) is 2. The Hall–Kier alpha value is -0.0800. The summed E-state index contributed by atoms with van der Waals surface area (Å²) in [7, 11) is 0. The van der Waals surface area contributed by atoms with Gasteiger partial charge in [-0.2, -0.15) is 0 Å². The van der Waals surface area contributed by atoms with Gasteiger partial charge in [-0.15, -0.1) is 0 Å². The van der Waals surface area contributed by atoms with Gasteiger partial charge in [0.2, 0.25) is 0 Å². The van der Waals surface area contributed by atoms with Crippen molar-refractivity contribution in [1.29, 1.82) is 0 Å². The minimum absolute atomic E-state index is 0.137. The highest BCUT2D eigenvalue weighted by Crippen LogP contribution is 2.12. The molecule has 0 aromatic heterocycles. The third-order valence-electron chi connectivity index (χ3n) is 1.79. The first kappa shape index (κ1) is 11.9. The quantitative estimate of drug-likeness (QED) is 0.641. The molecule has 0 radical (unpaired) electrons. The van der Waals surface area contributed by atoms with E-state index in [2.05, 4.69) is 20.8 Å². The molecule has 0 bridgehead atoms. The molecule has 1 atom stereocenters. The van der Waals surface area contributed by atoms with Crippen LogP contribution in [0.2, 0.25) is 0 Å². The normalized spacial score (nSPS) is 13.8. The average Bonchev–Trinajstić information content (AvgIpc) is 2.00. The number of rotatable bonds is 7. The van der Waals surface area contributed by atoms with Gasteiger partial charge in [0.25, 0.3) is 0 Å². The Bertz CT molecular complexity index is 91.8. The van der Waals surface area contributed by atoms with Crippen LogP contribution in [0.1, 0.15) is 40.0 Å². The molecule has 0 amide bonds. The predicted octanol–water partition coefficient (Wildman–Crippen LogP) is 2.21. The molecular weight excluding hydrogens is 152 g/mol. The fourth-order valence-electron chi connectivity index (χ4n) is 1.34. The second kappa shape index (κ2) is 7.56. The van der Waals surface area contributed by atoms with Crippen LogP contribution in [0.15, 0.2) is 0 Å². The van der Waals surface area contributed by atoms with Crippen LogP contribution >= 0.6 is 0 Å². The molecule has 0 rings (SSSR count). The van der Waals surface area contributed by atoms with Crippen molar-refractivity contribution in [3.8, 4) is 0 Å². The van der Waals surface area contributed by atoms with E-state index in [0.29, 0.717) is 18.6 Å². The van der Waals surface area contributed by atoms with Crippen LogP contribution in [-0.4, -0.2) is 24.4 Å². The van der Waals surface area contributed by atoms with E-state index in [1.165, 1.54) is 0 Å². The van der Waals surface area contributed by atoms with E-state index >= 15 is 0 Å². The van der Waals surface area contributed by atoms with Crippen molar-refractivity contribution in [3.05, 3.63) is 0 Å². The lowest BCUT2D eigenvalue weighted by Gasteiger charge is -2.18. The number of ether oxygens (including phenoxy) is 1. The lowest BCUT2D eigenvalue weighted by atomic mass is 10.0. The topological polar surface area (TPSA) is 29.5 Å². The van der Waals surface area contributed by atoms with Gasteiger partial charge >= 0.3 is 0 Å². The summed E-state index contributed by atoms with van der Waals surface area (Å²) in [6.45, 7) is 7.18. The van der Waals surface area contributed by atoms with Crippen molar-refractivity contribution in [3.63, 3.8) is 0 Å². The fraction of sp³-hybridized carbons (Fsp3) is 1.00. The van der Waals surface area contributed by atoms with E-state index in [1.807, 2.05) is 0 Å². The predicted molar refractivity (Wildman–Crippen MR) is 51.2 cm³/mol. The Morgan fingerprint density at radius 1 is 1.33 bits per heavy atom. The molecule has 12 heavy (non-hydrogen) atoms. The van der Waals surface area contributed by atoms with Gasteiger partial charge in [0.05, 0.1) is 19.3 Å². The number of hydrogen-bond donors (Lipinski definition) is 1. The maximum atomic E-state index is 8.59. The summed E-state index contributed by atoms with van der Waals surface area (Å²) in [5, 5.41) is 8.59. The average molecular weight is 174 g/mol.